The molecule has 1 aromatic carbocycles. The summed E-state index contributed by atoms with van der Waals surface area (Å²) in [5.74, 6) is 0. The summed E-state index contributed by atoms with van der Waals surface area (Å²) in [4.78, 5) is 15.7. The molecule has 0 radical (unpaired) electrons. The van der Waals surface area contributed by atoms with Crippen molar-refractivity contribution in [1.82, 2.24) is 14.9 Å². The Morgan fingerprint density at radius 2 is 2.08 bits per heavy atom. The number of nitrogens with two attached hydrogens (primary N) is 1. The quantitative estimate of drug-likeness (QED) is 0.577. The van der Waals surface area contributed by atoms with Crippen molar-refractivity contribution < 1.29 is 4.79 Å². The number of benzene rings is 1. The summed E-state index contributed by atoms with van der Waals surface area (Å²) in [7, 11) is 3.62. The van der Waals surface area contributed by atoms with Crippen LogP contribution in [-0.4, -0.2) is 36.2 Å². The number of nitrogens with zero attached hydrogens (tertiary/aromatic N) is 4. The van der Waals surface area contributed by atoms with Crippen LogP contribution in [0.15, 0.2) is 23.1 Å². The Bertz CT molecular complexity index is 745. The van der Waals surface area contributed by atoms with E-state index in [4.69, 9.17) is 5.73 Å². The van der Waals surface area contributed by atoms with Crippen LogP contribution in [0, 0.1) is 0 Å². The van der Waals surface area contributed by atoms with Crippen LogP contribution in [0.3, 0.4) is 0 Å². The molecule has 0 aliphatic heterocycles. The summed E-state index contributed by atoms with van der Waals surface area (Å²) in [5.41, 5.74) is 7.59. The number of nitrogens with one attached hydrogen (secondary N) is 1. The predicted molar refractivity (Wildman–Crippen MR) is 99.9 cm³/mol. The van der Waals surface area contributed by atoms with Crippen molar-refractivity contribution in [3.05, 3.63) is 18.2 Å². The third-order valence-corrected chi connectivity index (χ3v) is 5.89. The minimum absolute atomic E-state index is 0.239. The predicted octanol–water partition coefficient (Wildman–Crippen LogP) is 2.63. The zero-order valence-electron chi connectivity index (χ0n) is 13.8. The second-order valence-electron chi connectivity index (χ2n) is 6.11. The average molecular weight is 365 g/mol. The molecule has 1 aliphatic carbocycles. The summed E-state index contributed by atoms with van der Waals surface area (Å²) >= 11 is 2.91. The van der Waals surface area contributed by atoms with Gasteiger partial charge < -0.3 is 15.5 Å². The van der Waals surface area contributed by atoms with Crippen molar-refractivity contribution in [3.8, 4) is 0 Å². The van der Waals surface area contributed by atoms with Crippen LogP contribution in [0.5, 0.6) is 0 Å². The van der Waals surface area contributed by atoms with Crippen molar-refractivity contribution >= 4 is 51.3 Å². The van der Waals surface area contributed by atoms with Gasteiger partial charge in [-0.05, 0) is 49.9 Å². The van der Waals surface area contributed by atoms with E-state index in [-0.39, 0.29) is 5.54 Å². The number of hydrogen-bond donors (Lipinski definition) is 2. The lowest BCUT2D eigenvalue weighted by Crippen LogP contribution is -2.21. The van der Waals surface area contributed by atoms with Crippen molar-refractivity contribution in [1.29, 1.82) is 0 Å². The fourth-order valence-electron chi connectivity index (χ4n) is 2.13. The Morgan fingerprint density at radius 3 is 2.67 bits per heavy atom. The molecule has 0 atom stereocenters. The normalized spacial score (nSPS) is 15.1. The molecule has 1 amide bonds. The molecule has 128 valence electrons. The van der Waals surface area contributed by atoms with Gasteiger partial charge in [0, 0.05) is 24.5 Å². The molecule has 24 heavy (non-hydrogen) atoms. The van der Waals surface area contributed by atoms with Gasteiger partial charge in [-0.3, -0.25) is 9.52 Å². The van der Waals surface area contributed by atoms with E-state index in [1.54, 1.807) is 23.9 Å². The van der Waals surface area contributed by atoms with Gasteiger partial charge in [-0.1, -0.05) is 11.3 Å². The first-order chi connectivity index (χ1) is 11.4. The van der Waals surface area contributed by atoms with Crippen molar-refractivity contribution in [2.45, 2.75) is 30.2 Å². The van der Waals surface area contributed by atoms with E-state index in [1.807, 2.05) is 30.1 Å². The number of amides is 1. The van der Waals surface area contributed by atoms with Crippen LogP contribution in [0.2, 0.25) is 0 Å². The van der Waals surface area contributed by atoms with Gasteiger partial charge in [0.05, 0.1) is 11.4 Å². The number of carbonyl (C=O) groups excluding carboxylic acids is 1. The third-order valence-electron chi connectivity index (χ3n) is 3.98. The molecule has 1 heterocycles. The highest BCUT2D eigenvalue weighted by Gasteiger charge is 2.37. The zero-order chi connectivity index (χ0) is 17.3. The molecule has 1 aromatic heterocycles. The van der Waals surface area contributed by atoms with Gasteiger partial charge in [-0.15, -0.1) is 10.2 Å². The summed E-state index contributed by atoms with van der Waals surface area (Å²) in [6, 6.07) is 5.98. The molecule has 2 aromatic rings. The Labute approximate surface area is 149 Å². The SMILES string of the molecule is CN(C=O)c1ccc(SNC2(C)CC2)cc1N(C)c1nnc(N)s1. The third kappa shape index (κ3) is 3.63. The molecule has 0 spiro atoms. The fourth-order valence-corrected chi connectivity index (χ4v) is 3.59. The Kier molecular flexibility index (Phi) is 4.66. The monoisotopic (exact) mass is 364 g/mol. The number of nitrogen functional groups attached to an aromatic ring is 1. The van der Waals surface area contributed by atoms with Gasteiger partial charge in [0.25, 0.3) is 0 Å². The first kappa shape index (κ1) is 17.0. The maximum absolute atomic E-state index is 11.2. The molecule has 1 saturated carbocycles. The first-order valence-corrected chi connectivity index (χ1v) is 9.14. The lowest BCUT2D eigenvalue weighted by molar-refractivity contribution is -0.107. The molecule has 0 unspecified atom stereocenters. The molecule has 9 heteroatoms. The van der Waals surface area contributed by atoms with E-state index in [0.717, 1.165) is 22.7 Å². The lowest BCUT2D eigenvalue weighted by Gasteiger charge is -2.23. The smallest absolute Gasteiger partial charge is 0.214 e. The number of anilines is 4. The zero-order valence-corrected chi connectivity index (χ0v) is 15.4. The van der Waals surface area contributed by atoms with E-state index in [2.05, 4.69) is 21.8 Å². The molecule has 3 N–H and O–H groups in total. The second kappa shape index (κ2) is 6.58. The summed E-state index contributed by atoms with van der Waals surface area (Å²) < 4.78 is 3.49. The molecule has 0 saturated heterocycles. The molecular weight excluding hydrogens is 344 g/mol. The Morgan fingerprint density at radius 1 is 1.33 bits per heavy atom. The lowest BCUT2D eigenvalue weighted by atomic mass is 10.2. The molecule has 3 rings (SSSR count). The van der Waals surface area contributed by atoms with E-state index >= 15 is 0 Å². The number of carbonyl (C=O) groups is 1. The molecular formula is C15H20N6OS2. The second-order valence-corrected chi connectivity index (χ2v) is 7.98. The Balaban J connectivity index is 1.91. The van der Waals surface area contributed by atoms with Crippen molar-refractivity contribution in [2.75, 3.05) is 29.6 Å². The molecule has 7 nitrogen and oxygen atoms in total. The highest BCUT2D eigenvalue weighted by molar-refractivity contribution is 7.97. The number of aromatic nitrogens is 2. The topological polar surface area (TPSA) is 87.4 Å². The summed E-state index contributed by atoms with van der Waals surface area (Å²) in [6.07, 6.45) is 3.18. The van der Waals surface area contributed by atoms with Crippen LogP contribution < -0.4 is 20.3 Å². The summed E-state index contributed by atoms with van der Waals surface area (Å²) in [6.45, 7) is 2.21. The van der Waals surface area contributed by atoms with Gasteiger partial charge in [0.2, 0.25) is 16.7 Å². The molecule has 1 aliphatic rings. The fraction of sp³-hybridized carbons (Fsp3) is 0.400. The van der Waals surface area contributed by atoms with Gasteiger partial charge in [0.1, 0.15) is 0 Å². The van der Waals surface area contributed by atoms with E-state index in [0.29, 0.717) is 10.3 Å². The van der Waals surface area contributed by atoms with Crippen LogP contribution >= 0.6 is 23.3 Å². The van der Waals surface area contributed by atoms with E-state index in [1.165, 1.54) is 24.2 Å². The van der Waals surface area contributed by atoms with Crippen LogP contribution in [-0.2, 0) is 4.79 Å². The van der Waals surface area contributed by atoms with Crippen LogP contribution in [0.1, 0.15) is 19.8 Å². The van der Waals surface area contributed by atoms with Crippen LogP contribution in [0.25, 0.3) is 0 Å². The van der Waals surface area contributed by atoms with Gasteiger partial charge in [-0.25, -0.2) is 0 Å². The van der Waals surface area contributed by atoms with Crippen LogP contribution in [0.4, 0.5) is 21.6 Å². The largest absolute Gasteiger partial charge is 0.374 e. The number of hydrogen-bond acceptors (Lipinski definition) is 8. The van der Waals surface area contributed by atoms with Gasteiger partial charge in [0.15, 0.2) is 0 Å². The Hall–Kier alpha value is -1.84. The van der Waals surface area contributed by atoms with Crippen molar-refractivity contribution in [2.24, 2.45) is 0 Å². The number of rotatable bonds is 7. The van der Waals surface area contributed by atoms with Gasteiger partial charge in [-0.2, -0.15) is 0 Å². The average Bonchev–Trinajstić information content (AvgIpc) is 3.17. The summed E-state index contributed by atoms with van der Waals surface area (Å²) in [5, 5.41) is 9.04. The highest BCUT2D eigenvalue weighted by atomic mass is 32.2. The standard InChI is InChI=1S/C15H20N6OS2/c1-15(6-7-15)19-24-10-4-5-11(20(2)9-22)12(8-10)21(3)14-18-17-13(16)23-14/h4-5,8-9,19H,6-7H2,1-3H3,(H2,16,17). The minimum Gasteiger partial charge on any atom is -0.374 e. The maximum atomic E-state index is 11.2. The van der Waals surface area contributed by atoms with Crippen molar-refractivity contribution in [3.63, 3.8) is 0 Å². The maximum Gasteiger partial charge on any atom is 0.214 e. The van der Waals surface area contributed by atoms with Gasteiger partial charge >= 0.3 is 0 Å². The van der Waals surface area contributed by atoms with E-state index in [9.17, 15) is 4.79 Å². The molecule has 1 fully saturated rings. The first-order valence-electron chi connectivity index (χ1n) is 7.51. The van der Waals surface area contributed by atoms with E-state index < -0.39 is 0 Å². The minimum atomic E-state index is 0.239. The molecule has 0 bridgehead atoms. The highest BCUT2D eigenvalue weighted by Crippen LogP contribution is 2.40.